The number of carbonyl (C=O) groups is 1. The van der Waals surface area contributed by atoms with E-state index in [4.69, 9.17) is 0 Å². The van der Waals surface area contributed by atoms with E-state index < -0.39 is 0 Å². The van der Waals surface area contributed by atoms with Gasteiger partial charge in [-0.05, 0) is 50.9 Å². The van der Waals surface area contributed by atoms with Crippen LogP contribution in [0.25, 0.3) is 5.82 Å². The molecule has 1 saturated heterocycles. The van der Waals surface area contributed by atoms with Gasteiger partial charge >= 0.3 is 0 Å². The minimum absolute atomic E-state index is 0.0850. The molecular formula is C18H25N5O2. The van der Waals surface area contributed by atoms with Crippen molar-refractivity contribution in [2.24, 2.45) is 0 Å². The van der Waals surface area contributed by atoms with Gasteiger partial charge in [0.15, 0.2) is 0 Å². The van der Waals surface area contributed by atoms with Crippen LogP contribution in [0.15, 0.2) is 37.1 Å². The van der Waals surface area contributed by atoms with Crippen LogP contribution < -0.4 is 5.32 Å². The summed E-state index contributed by atoms with van der Waals surface area (Å²) < 4.78 is 1.77. The van der Waals surface area contributed by atoms with Crippen LogP contribution in [0.3, 0.4) is 0 Å². The Labute approximate surface area is 147 Å². The number of likely N-dealkylation sites (tertiary alicyclic amines) is 1. The van der Waals surface area contributed by atoms with E-state index in [2.05, 4.69) is 20.2 Å². The molecule has 2 aromatic heterocycles. The Hall–Kier alpha value is -2.25. The first-order valence-electron chi connectivity index (χ1n) is 8.85. The molecule has 1 amide bonds. The van der Waals surface area contributed by atoms with Crippen molar-refractivity contribution < 1.29 is 9.90 Å². The maximum atomic E-state index is 12.3. The van der Waals surface area contributed by atoms with Crippen LogP contribution in [-0.2, 0) is 0 Å². The lowest BCUT2D eigenvalue weighted by molar-refractivity contribution is 0.0952. The Morgan fingerprint density at radius 1 is 1.36 bits per heavy atom. The van der Waals surface area contributed by atoms with Crippen LogP contribution in [0.5, 0.6) is 0 Å². The van der Waals surface area contributed by atoms with Gasteiger partial charge in [0.2, 0.25) is 0 Å². The van der Waals surface area contributed by atoms with Crippen molar-refractivity contribution in [3.63, 3.8) is 0 Å². The van der Waals surface area contributed by atoms with Crippen molar-refractivity contribution in [1.82, 2.24) is 24.8 Å². The third kappa shape index (κ3) is 4.64. The number of aliphatic hydroxyl groups excluding tert-OH is 1. The van der Waals surface area contributed by atoms with E-state index in [0.717, 1.165) is 32.4 Å². The predicted octanol–water partition coefficient (Wildman–Crippen LogP) is 1.23. The van der Waals surface area contributed by atoms with Crippen molar-refractivity contribution in [3.8, 4) is 5.82 Å². The minimum atomic E-state index is -0.0850. The average molecular weight is 343 g/mol. The number of hydrogen-bond donors (Lipinski definition) is 2. The molecule has 0 spiro atoms. The summed E-state index contributed by atoms with van der Waals surface area (Å²) in [5.41, 5.74) is 0.596. The number of rotatable bonds is 8. The highest BCUT2D eigenvalue weighted by molar-refractivity contribution is 5.94. The number of pyridine rings is 1. The molecule has 25 heavy (non-hydrogen) atoms. The second-order valence-electron chi connectivity index (χ2n) is 6.35. The maximum Gasteiger partial charge on any atom is 0.251 e. The summed E-state index contributed by atoms with van der Waals surface area (Å²) in [4.78, 5) is 22.9. The monoisotopic (exact) mass is 343 g/mol. The van der Waals surface area contributed by atoms with Gasteiger partial charge in [-0.25, -0.2) is 9.97 Å². The topological polar surface area (TPSA) is 83.3 Å². The predicted molar refractivity (Wildman–Crippen MR) is 94.6 cm³/mol. The molecular weight excluding hydrogens is 318 g/mol. The summed E-state index contributed by atoms with van der Waals surface area (Å²) in [6.45, 7) is 2.96. The first-order valence-corrected chi connectivity index (χ1v) is 8.85. The zero-order valence-corrected chi connectivity index (χ0v) is 14.3. The lowest BCUT2D eigenvalue weighted by atomic mass is 10.2. The highest BCUT2D eigenvalue weighted by atomic mass is 16.3. The van der Waals surface area contributed by atoms with Crippen LogP contribution in [0.4, 0.5) is 0 Å². The van der Waals surface area contributed by atoms with Crippen molar-refractivity contribution in [2.45, 2.75) is 31.7 Å². The van der Waals surface area contributed by atoms with Crippen LogP contribution in [0.1, 0.15) is 36.0 Å². The number of hydrogen-bond acceptors (Lipinski definition) is 5. The number of imidazole rings is 1. The molecule has 134 valence electrons. The van der Waals surface area contributed by atoms with Gasteiger partial charge in [-0.15, -0.1) is 0 Å². The zero-order valence-electron chi connectivity index (χ0n) is 14.3. The molecule has 1 aliphatic heterocycles. The van der Waals surface area contributed by atoms with Gasteiger partial charge in [-0.1, -0.05) is 0 Å². The smallest absolute Gasteiger partial charge is 0.251 e. The molecule has 0 saturated carbocycles. The Morgan fingerprint density at radius 3 is 3.08 bits per heavy atom. The fourth-order valence-electron chi connectivity index (χ4n) is 3.24. The van der Waals surface area contributed by atoms with Crippen molar-refractivity contribution >= 4 is 5.91 Å². The van der Waals surface area contributed by atoms with Crippen LogP contribution >= 0.6 is 0 Å². The van der Waals surface area contributed by atoms with Crippen molar-refractivity contribution in [3.05, 3.63) is 42.6 Å². The molecule has 3 rings (SSSR count). The number of aliphatic hydroxyl groups is 1. The molecule has 0 bridgehead atoms. The highest BCUT2D eigenvalue weighted by Crippen LogP contribution is 2.16. The second-order valence-corrected chi connectivity index (χ2v) is 6.35. The first-order chi connectivity index (χ1) is 12.3. The molecule has 0 aliphatic carbocycles. The number of nitrogens with zero attached hydrogens (tertiary/aromatic N) is 4. The molecule has 0 aromatic carbocycles. The third-order valence-electron chi connectivity index (χ3n) is 4.64. The Balaban J connectivity index is 1.41. The Morgan fingerprint density at radius 2 is 2.28 bits per heavy atom. The van der Waals surface area contributed by atoms with Gasteiger partial charge in [0.05, 0.1) is 6.61 Å². The third-order valence-corrected chi connectivity index (χ3v) is 4.64. The molecule has 1 fully saturated rings. The quantitative estimate of drug-likeness (QED) is 0.705. The number of nitrogens with one attached hydrogen (secondary N) is 1. The van der Waals surface area contributed by atoms with E-state index in [0.29, 0.717) is 24.0 Å². The SMILES string of the molecule is O=C(NCCCCN1CCCC1CO)c1ccnc(-n2ccnc2)c1. The molecule has 3 heterocycles. The van der Waals surface area contributed by atoms with E-state index in [1.54, 1.807) is 41.6 Å². The van der Waals surface area contributed by atoms with E-state index in [-0.39, 0.29) is 12.5 Å². The van der Waals surface area contributed by atoms with Crippen LogP contribution in [0, 0.1) is 0 Å². The largest absolute Gasteiger partial charge is 0.395 e. The molecule has 0 radical (unpaired) electrons. The molecule has 7 nitrogen and oxygen atoms in total. The summed E-state index contributed by atoms with van der Waals surface area (Å²) in [5, 5.41) is 12.3. The first kappa shape index (κ1) is 17.6. The number of aromatic nitrogens is 3. The van der Waals surface area contributed by atoms with E-state index in [1.807, 2.05) is 0 Å². The van der Waals surface area contributed by atoms with Gasteiger partial charge < -0.3 is 10.4 Å². The van der Waals surface area contributed by atoms with Crippen LogP contribution in [-0.4, -0.2) is 62.7 Å². The zero-order chi connectivity index (χ0) is 17.5. The van der Waals surface area contributed by atoms with Gasteiger partial charge in [0.1, 0.15) is 12.1 Å². The molecule has 1 atom stereocenters. The fourth-order valence-corrected chi connectivity index (χ4v) is 3.24. The number of amides is 1. The van der Waals surface area contributed by atoms with Crippen molar-refractivity contribution in [2.75, 3.05) is 26.2 Å². The highest BCUT2D eigenvalue weighted by Gasteiger charge is 2.22. The number of carbonyl (C=O) groups excluding carboxylic acids is 1. The lowest BCUT2D eigenvalue weighted by Crippen LogP contribution is -2.33. The summed E-state index contributed by atoms with van der Waals surface area (Å²) in [5.74, 6) is 0.590. The van der Waals surface area contributed by atoms with Gasteiger partial charge in [-0.3, -0.25) is 14.3 Å². The summed E-state index contributed by atoms with van der Waals surface area (Å²) >= 11 is 0. The van der Waals surface area contributed by atoms with Gasteiger partial charge in [-0.2, -0.15) is 0 Å². The summed E-state index contributed by atoms with van der Waals surface area (Å²) in [6, 6.07) is 3.80. The molecule has 2 aromatic rings. The Bertz CT molecular complexity index is 674. The summed E-state index contributed by atoms with van der Waals surface area (Å²) in [6.07, 6.45) is 11.0. The maximum absolute atomic E-state index is 12.3. The van der Waals surface area contributed by atoms with Gasteiger partial charge in [0, 0.05) is 36.7 Å². The normalized spacial score (nSPS) is 17.7. The molecule has 7 heteroatoms. The molecule has 1 aliphatic rings. The van der Waals surface area contributed by atoms with Crippen molar-refractivity contribution in [1.29, 1.82) is 0 Å². The molecule has 1 unspecified atom stereocenters. The van der Waals surface area contributed by atoms with Crippen LogP contribution in [0.2, 0.25) is 0 Å². The second kappa shape index (κ2) is 8.73. The standard InChI is InChI=1S/C18H25N5O2/c24-13-16-4-3-10-22(16)9-2-1-6-21-18(25)15-5-7-20-17(12-15)23-11-8-19-14-23/h5,7-8,11-12,14,16,24H,1-4,6,9-10,13H2,(H,21,25). The summed E-state index contributed by atoms with van der Waals surface area (Å²) in [7, 11) is 0. The Kier molecular flexibility index (Phi) is 6.14. The lowest BCUT2D eigenvalue weighted by Gasteiger charge is -2.22. The van der Waals surface area contributed by atoms with E-state index >= 15 is 0 Å². The van der Waals surface area contributed by atoms with E-state index in [1.165, 1.54) is 6.42 Å². The average Bonchev–Trinajstić information content (AvgIpc) is 3.33. The van der Waals surface area contributed by atoms with Gasteiger partial charge in [0.25, 0.3) is 5.91 Å². The minimum Gasteiger partial charge on any atom is -0.395 e. The number of unbranched alkanes of at least 4 members (excludes halogenated alkanes) is 1. The molecule has 2 N–H and O–H groups in total. The van der Waals surface area contributed by atoms with E-state index in [9.17, 15) is 9.90 Å². The fraction of sp³-hybridized carbons (Fsp3) is 0.500.